The lowest BCUT2D eigenvalue weighted by Gasteiger charge is -2.05. The van der Waals surface area contributed by atoms with Crippen molar-refractivity contribution in [2.75, 3.05) is 12.4 Å². The summed E-state index contributed by atoms with van der Waals surface area (Å²) in [6.45, 7) is 1.86. The van der Waals surface area contributed by atoms with Crippen LogP contribution in [-0.4, -0.2) is 22.0 Å². The summed E-state index contributed by atoms with van der Waals surface area (Å²) in [5.41, 5.74) is 2.12. The van der Waals surface area contributed by atoms with Crippen molar-refractivity contribution >= 4 is 5.95 Å². The molecule has 0 atom stereocenters. The summed E-state index contributed by atoms with van der Waals surface area (Å²) in [7, 11) is 1.74. The van der Waals surface area contributed by atoms with Crippen molar-refractivity contribution in [3.05, 3.63) is 36.0 Å². The number of aromatic nitrogens is 3. The molecule has 0 bridgehead atoms. The molecule has 0 amide bonds. The quantitative estimate of drug-likeness (QED) is 0.837. The normalized spacial score (nSPS) is 10.2. The van der Waals surface area contributed by atoms with Gasteiger partial charge in [0.2, 0.25) is 5.95 Å². The molecule has 0 aliphatic rings. The lowest BCUT2D eigenvalue weighted by atomic mass is 10.2. The van der Waals surface area contributed by atoms with Gasteiger partial charge in [0.25, 0.3) is 0 Å². The average Bonchev–Trinajstić information content (AvgIpc) is 2.28. The molecule has 0 unspecified atom stereocenters. The molecule has 0 saturated carbocycles. The molecule has 0 fully saturated rings. The predicted octanol–water partition coefficient (Wildman–Crippen LogP) is 2.03. The highest BCUT2D eigenvalue weighted by molar-refractivity contribution is 5.59. The predicted molar refractivity (Wildman–Crippen MR) is 59.5 cm³/mol. The van der Waals surface area contributed by atoms with E-state index in [9.17, 15) is 4.39 Å². The fraction of sp³-hybridized carbons (Fsp3) is 0.182. The zero-order valence-corrected chi connectivity index (χ0v) is 9.03. The fourth-order valence-electron chi connectivity index (χ4n) is 1.38. The summed E-state index contributed by atoms with van der Waals surface area (Å²) in [6, 6.07) is 3.19. The van der Waals surface area contributed by atoms with Gasteiger partial charge in [0.1, 0.15) is 5.82 Å². The van der Waals surface area contributed by atoms with Crippen LogP contribution in [0.5, 0.6) is 0 Å². The maximum Gasteiger partial charge on any atom is 0.223 e. The Bertz CT molecular complexity index is 513. The van der Waals surface area contributed by atoms with Crippen molar-refractivity contribution in [3.8, 4) is 11.3 Å². The van der Waals surface area contributed by atoms with Crippen LogP contribution in [0.25, 0.3) is 11.3 Å². The molecule has 2 aromatic heterocycles. The van der Waals surface area contributed by atoms with Crippen molar-refractivity contribution in [2.24, 2.45) is 0 Å². The first-order chi connectivity index (χ1) is 7.69. The van der Waals surface area contributed by atoms with Crippen molar-refractivity contribution in [3.63, 3.8) is 0 Å². The van der Waals surface area contributed by atoms with Crippen LogP contribution in [0.3, 0.4) is 0 Å². The maximum atomic E-state index is 13.0. The van der Waals surface area contributed by atoms with E-state index in [0.717, 1.165) is 11.9 Å². The van der Waals surface area contributed by atoms with Gasteiger partial charge in [-0.3, -0.25) is 4.98 Å². The van der Waals surface area contributed by atoms with Crippen molar-refractivity contribution < 1.29 is 4.39 Å². The zero-order chi connectivity index (χ0) is 11.5. The molecule has 0 saturated heterocycles. The highest BCUT2D eigenvalue weighted by Gasteiger charge is 2.04. The van der Waals surface area contributed by atoms with Crippen molar-refractivity contribution in [1.82, 2.24) is 15.0 Å². The summed E-state index contributed by atoms with van der Waals surface area (Å²) in [4.78, 5) is 12.2. The smallest absolute Gasteiger partial charge is 0.223 e. The van der Waals surface area contributed by atoms with Gasteiger partial charge in [-0.1, -0.05) is 0 Å². The summed E-state index contributed by atoms with van der Waals surface area (Å²) in [5, 5.41) is 2.86. The first kappa shape index (κ1) is 10.5. The third kappa shape index (κ3) is 2.13. The van der Waals surface area contributed by atoms with E-state index in [4.69, 9.17) is 0 Å². The van der Waals surface area contributed by atoms with E-state index in [1.54, 1.807) is 19.3 Å². The van der Waals surface area contributed by atoms with E-state index in [-0.39, 0.29) is 5.82 Å². The van der Waals surface area contributed by atoms with Crippen LogP contribution in [0.15, 0.2) is 24.5 Å². The zero-order valence-electron chi connectivity index (χ0n) is 9.03. The number of anilines is 1. The summed E-state index contributed by atoms with van der Waals surface area (Å²) >= 11 is 0. The number of rotatable bonds is 2. The number of pyridine rings is 1. The number of aryl methyl sites for hydroxylation is 1. The van der Waals surface area contributed by atoms with Gasteiger partial charge in [-0.2, -0.15) is 0 Å². The van der Waals surface area contributed by atoms with Crippen molar-refractivity contribution in [1.29, 1.82) is 0 Å². The molecule has 2 rings (SSSR count). The number of nitrogens with one attached hydrogen (secondary N) is 1. The van der Waals surface area contributed by atoms with Crippen LogP contribution < -0.4 is 5.32 Å². The Kier molecular flexibility index (Phi) is 2.76. The van der Waals surface area contributed by atoms with Gasteiger partial charge >= 0.3 is 0 Å². The molecule has 16 heavy (non-hydrogen) atoms. The third-order valence-electron chi connectivity index (χ3n) is 2.08. The van der Waals surface area contributed by atoms with E-state index in [1.165, 1.54) is 6.07 Å². The maximum absolute atomic E-state index is 13.0. The molecule has 0 radical (unpaired) electrons. The Morgan fingerprint density at radius 2 is 2.00 bits per heavy atom. The van der Waals surface area contributed by atoms with Crippen LogP contribution in [0.1, 0.15) is 5.69 Å². The molecule has 1 N–H and O–H groups in total. The van der Waals surface area contributed by atoms with Crippen LogP contribution in [0.4, 0.5) is 10.3 Å². The molecule has 0 aliphatic carbocycles. The van der Waals surface area contributed by atoms with Gasteiger partial charge in [-0.15, -0.1) is 0 Å². The number of nitrogens with zero attached hydrogens (tertiary/aromatic N) is 3. The van der Waals surface area contributed by atoms with Gasteiger partial charge in [0.15, 0.2) is 0 Å². The van der Waals surface area contributed by atoms with Gasteiger partial charge < -0.3 is 5.32 Å². The van der Waals surface area contributed by atoms with E-state index < -0.39 is 0 Å². The second kappa shape index (κ2) is 4.22. The lowest BCUT2D eigenvalue weighted by Crippen LogP contribution is -1.99. The second-order valence-corrected chi connectivity index (χ2v) is 3.36. The third-order valence-corrected chi connectivity index (χ3v) is 2.08. The first-order valence-electron chi connectivity index (χ1n) is 4.83. The van der Waals surface area contributed by atoms with E-state index >= 15 is 0 Å². The molecule has 2 heterocycles. The molecule has 4 nitrogen and oxygen atoms in total. The van der Waals surface area contributed by atoms with Gasteiger partial charge in [0, 0.05) is 24.5 Å². The first-order valence-corrected chi connectivity index (χ1v) is 4.83. The van der Waals surface area contributed by atoms with Gasteiger partial charge in [-0.05, 0) is 19.1 Å². The molecular weight excluding hydrogens is 207 g/mol. The van der Waals surface area contributed by atoms with E-state index in [1.807, 2.05) is 6.92 Å². The molecular formula is C11H11FN4. The minimum atomic E-state index is -0.375. The Morgan fingerprint density at radius 1 is 1.19 bits per heavy atom. The fourth-order valence-corrected chi connectivity index (χ4v) is 1.38. The second-order valence-electron chi connectivity index (χ2n) is 3.36. The molecule has 0 spiro atoms. The Labute approximate surface area is 92.6 Å². The van der Waals surface area contributed by atoms with Crippen LogP contribution in [0, 0.1) is 12.7 Å². The standard InChI is InChI=1S/C11H11FN4/c1-7-3-10(16-11(13-2)15-7)8-4-9(12)6-14-5-8/h3-6H,1-2H3,(H,13,15,16). The topological polar surface area (TPSA) is 50.7 Å². The van der Waals surface area contributed by atoms with Gasteiger partial charge in [0.05, 0.1) is 11.9 Å². The molecule has 82 valence electrons. The molecule has 0 aromatic carbocycles. The van der Waals surface area contributed by atoms with Gasteiger partial charge in [-0.25, -0.2) is 14.4 Å². The Morgan fingerprint density at radius 3 is 2.69 bits per heavy atom. The minimum Gasteiger partial charge on any atom is -0.357 e. The van der Waals surface area contributed by atoms with Crippen LogP contribution >= 0.6 is 0 Å². The Hall–Kier alpha value is -2.04. The van der Waals surface area contributed by atoms with Crippen molar-refractivity contribution in [2.45, 2.75) is 6.92 Å². The summed E-state index contributed by atoms with van der Waals surface area (Å²) in [6.07, 6.45) is 2.74. The minimum absolute atomic E-state index is 0.375. The number of hydrogen-bond acceptors (Lipinski definition) is 4. The molecule has 2 aromatic rings. The highest BCUT2D eigenvalue weighted by atomic mass is 19.1. The SMILES string of the molecule is CNc1nc(C)cc(-c2cncc(F)c2)n1. The summed E-state index contributed by atoms with van der Waals surface area (Å²) in [5.74, 6) is 0.138. The Balaban J connectivity index is 2.51. The molecule has 0 aliphatic heterocycles. The number of halogens is 1. The molecule has 5 heteroatoms. The van der Waals surface area contributed by atoms with E-state index in [2.05, 4.69) is 20.3 Å². The lowest BCUT2D eigenvalue weighted by molar-refractivity contribution is 0.622. The van der Waals surface area contributed by atoms with Crippen LogP contribution in [0.2, 0.25) is 0 Å². The highest BCUT2D eigenvalue weighted by Crippen LogP contribution is 2.18. The number of hydrogen-bond donors (Lipinski definition) is 1. The van der Waals surface area contributed by atoms with E-state index in [0.29, 0.717) is 17.2 Å². The van der Waals surface area contributed by atoms with Crippen LogP contribution in [-0.2, 0) is 0 Å². The largest absolute Gasteiger partial charge is 0.357 e. The summed E-state index contributed by atoms with van der Waals surface area (Å²) < 4.78 is 13.0. The monoisotopic (exact) mass is 218 g/mol. The average molecular weight is 218 g/mol.